The third-order valence-corrected chi connectivity index (χ3v) is 6.40. The van der Waals surface area contributed by atoms with Crippen LogP contribution in [0.4, 0.5) is 10.5 Å². The largest absolute Gasteiger partial charge is 0.488 e. The van der Waals surface area contributed by atoms with Crippen molar-refractivity contribution in [2.24, 2.45) is 0 Å². The van der Waals surface area contributed by atoms with Crippen LogP contribution in [0, 0.1) is 3.57 Å². The molecule has 3 rings (SSSR count). The number of hydrogen-bond acceptors (Lipinski definition) is 5. The van der Waals surface area contributed by atoms with Crippen molar-refractivity contribution in [3.8, 4) is 5.75 Å². The molecule has 36 heavy (non-hydrogen) atoms. The lowest BCUT2D eigenvalue weighted by Crippen LogP contribution is -2.38. The third-order valence-electron chi connectivity index (χ3n) is 5.27. The van der Waals surface area contributed by atoms with E-state index < -0.39 is 17.7 Å². The molecule has 7 heteroatoms. The molecule has 0 N–H and O–H groups in total. The first kappa shape index (κ1) is 27.5. The van der Waals surface area contributed by atoms with Gasteiger partial charge in [-0.1, -0.05) is 60.7 Å². The molecule has 3 aromatic rings. The van der Waals surface area contributed by atoms with Gasteiger partial charge in [0.25, 0.3) is 0 Å². The number of unbranched alkanes of at least 4 members (excludes halogenated alkanes) is 1. The van der Waals surface area contributed by atoms with Crippen molar-refractivity contribution in [1.82, 2.24) is 0 Å². The maximum absolute atomic E-state index is 13.3. The van der Waals surface area contributed by atoms with E-state index in [0.717, 1.165) is 25.6 Å². The number of halogens is 1. The van der Waals surface area contributed by atoms with Crippen LogP contribution in [-0.4, -0.2) is 31.3 Å². The molecule has 0 aliphatic rings. The molecule has 3 aromatic carbocycles. The lowest BCUT2D eigenvalue weighted by Gasteiger charge is -2.29. The summed E-state index contributed by atoms with van der Waals surface area (Å²) >= 11 is 2.28. The van der Waals surface area contributed by atoms with Gasteiger partial charge in [0.2, 0.25) is 0 Å². The van der Waals surface area contributed by atoms with Crippen molar-refractivity contribution in [2.75, 3.05) is 18.6 Å². The molecule has 1 amide bonds. The molecule has 0 fully saturated rings. The van der Waals surface area contributed by atoms with Crippen LogP contribution in [0.25, 0.3) is 10.8 Å². The smallest absolute Gasteiger partial charge is 0.414 e. The minimum Gasteiger partial charge on any atom is -0.488 e. The number of amides is 1. The van der Waals surface area contributed by atoms with E-state index >= 15 is 0 Å². The molecule has 0 unspecified atom stereocenters. The molecule has 0 atom stereocenters. The van der Waals surface area contributed by atoms with E-state index in [0.29, 0.717) is 31.7 Å². The molecule has 0 aromatic heterocycles. The zero-order valence-corrected chi connectivity index (χ0v) is 23.3. The van der Waals surface area contributed by atoms with Gasteiger partial charge in [0.05, 0.1) is 12.8 Å². The summed E-state index contributed by atoms with van der Waals surface area (Å²) in [6, 6.07) is 19.9. The molecule has 0 heterocycles. The van der Waals surface area contributed by atoms with E-state index in [-0.39, 0.29) is 0 Å². The highest BCUT2D eigenvalue weighted by Crippen LogP contribution is 2.38. The zero-order valence-electron chi connectivity index (χ0n) is 21.1. The van der Waals surface area contributed by atoms with Crippen molar-refractivity contribution in [1.29, 1.82) is 0 Å². The van der Waals surface area contributed by atoms with Crippen molar-refractivity contribution in [2.45, 2.75) is 45.8 Å². The van der Waals surface area contributed by atoms with Crippen molar-refractivity contribution >= 4 is 51.1 Å². The standard InChI is InChI=1S/C29H32INO5/c1-29(2,3)36-28(33)31(18-12-6-9-17-26(32)34-4)24-19-25(35-20-21-13-7-5-8-14-21)22-15-10-11-16-23(22)27(24)30/h5,7-11,13-17,19H,6,12,18,20H2,1-4H3/b17-9+. The van der Waals surface area contributed by atoms with Crippen LogP contribution in [0.15, 0.2) is 72.8 Å². The molecule has 190 valence electrons. The van der Waals surface area contributed by atoms with Crippen molar-refractivity contribution in [3.05, 3.63) is 81.9 Å². The Morgan fingerprint density at radius 1 is 1.00 bits per heavy atom. The fourth-order valence-corrected chi connectivity index (χ4v) is 4.50. The minimum atomic E-state index is -0.644. The average molecular weight is 601 g/mol. The molecule has 0 spiro atoms. The quantitative estimate of drug-likeness (QED) is 0.112. The number of ether oxygens (including phenoxy) is 3. The van der Waals surface area contributed by atoms with E-state index in [2.05, 4.69) is 27.3 Å². The van der Waals surface area contributed by atoms with Gasteiger partial charge in [-0.05, 0) is 61.8 Å². The first-order valence-electron chi connectivity index (χ1n) is 11.8. The summed E-state index contributed by atoms with van der Waals surface area (Å²) in [7, 11) is 1.34. The molecule has 6 nitrogen and oxygen atoms in total. The Morgan fingerprint density at radius 3 is 2.33 bits per heavy atom. The Morgan fingerprint density at radius 2 is 1.67 bits per heavy atom. The van der Waals surface area contributed by atoms with Crippen LogP contribution in [0.3, 0.4) is 0 Å². The molecular weight excluding hydrogens is 569 g/mol. The van der Waals surface area contributed by atoms with Gasteiger partial charge in [-0.25, -0.2) is 9.59 Å². The Labute approximate surface area is 226 Å². The number of fused-ring (bicyclic) bond motifs is 1. The van der Waals surface area contributed by atoms with Gasteiger partial charge in [0.1, 0.15) is 18.0 Å². The van der Waals surface area contributed by atoms with Crippen molar-refractivity contribution in [3.63, 3.8) is 0 Å². The minimum absolute atomic E-state index is 0.400. The predicted octanol–water partition coefficient (Wildman–Crippen LogP) is 7.27. The number of carbonyl (C=O) groups excluding carboxylic acids is 2. The summed E-state index contributed by atoms with van der Waals surface area (Å²) < 4.78 is 17.6. The Hall–Kier alpha value is -3.07. The first-order chi connectivity index (χ1) is 17.2. The summed E-state index contributed by atoms with van der Waals surface area (Å²) in [6.45, 7) is 6.37. The second-order valence-electron chi connectivity index (χ2n) is 9.23. The lowest BCUT2D eigenvalue weighted by atomic mass is 10.1. The van der Waals surface area contributed by atoms with Crippen LogP contribution < -0.4 is 9.64 Å². The van der Waals surface area contributed by atoms with Crippen LogP contribution in [0.5, 0.6) is 5.75 Å². The monoisotopic (exact) mass is 601 g/mol. The summed E-state index contributed by atoms with van der Waals surface area (Å²) in [5.41, 5.74) is 1.14. The number of nitrogens with zero attached hydrogens (tertiary/aromatic N) is 1. The number of methoxy groups -OCH3 is 1. The molecule has 0 radical (unpaired) electrons. The summed E-state index contributed by atoms with van der Waals surface area (Å²) in [5, 5.41) is 1.98. The van der Waals surface area contributed by atoms with Gasteiger partial charge in [0, 0.05) is 33.0 Å². The fourth-order valence-electron chi connectivity index (χ4n) is 3.59. The number of esters is 1. The molecule has 0 bridgehead atoms. The van der Waals surface area contributed by atoms with E-state index in [1.54, 1.807) is 11.0 Å². The second kappa shape index (κ2) is 12.8. The normalized spacial score (nSPS) is 11.5. The lowest BCUT2D eigenvalue weighted by molar-refractivity contribution is -0.134. The maximum atomic E-state index is 13.3. The molecule has 0 saturated carbocycles. The van der Waals surface area contributed by atoms with E-state index in [4.69, 9.17) is 9.47 Å². The number of allylic oxidation sites excluding steroid dienone is 1. The van der Waals surface area contributed by atoms with Crippen LogP contribution in [0.1, 0.15) is 39.2 Å². The van der Waals surface area contributed by atoms with Crippen LogP contribution in [0.2, 0.25) is 0 Å². The SMILES string of the molecule is COC(=O)/C=C/CCCN(C(=O)OC(C)(C)C)c1cc(OCc2ccccc2)c2ccccc2c1I. The highest BCUT2D eigenvalue weighted by atomic mass is 127. The topological polar surface area (TPSA) is 65.1 Å². The number of anilines is 1. The highest BCUT2D eigenvalue weighted by molar-refractivity contribution is 14.1. The predicted molar refractivity (Wildman–Crippen MR) is 151 cm³/mol. The van der Waals surface area contributed by atoms with Gasteiger partial charge >= 0.3 is 12.1 Å². The summed E-state index contributed by atoms with van der Waals surface area (Å²) in [5.74, 6) is 0.298. The van der Waals surface area contributed by atoms with Crippen LogP contribution >= 0.6 is 22.6 Å². The molecular formula is C29H32INO5. The maximum Gasteiger partial charge on any atom is 0.414 e. The van der Waals surface area contributed by atoms with Gasteiger partial charge in [0.15, 0.2) is 0 Å². The van der Waals surface area contributed by atoms with Gasteiger partial charge in [-0.15, -0.1) is 0 Å². The average Bonchev–Trinajstić information content (AvgIpc) is 2.85. The summed E-state index contributed by atoms with van der Waals surface area (Å²) in [4.78, 5) is 26.3. The third kappa shape index (κ3) is 7.71. The number of rotatable bonds is 9. The first-order valence-corrected chi connectivity index (χ1v) is 12.9. The summed E-state index contributed by atoms with van der Waals surface area (Å²) in [6.07, 6.45) is 3.96. The Balaban J connectivity index is 1.96. The van der Waals surface area contributed by atoms with Crippen LogP contribution in [-0.2, 0) is 20.9 Å². The fraction of sp³-hybridized carbons (Fsp3) is 0.310. The second-order valence-corrected chi connectivity index (χ2v) is 10.3. The Bertz CT molecular complexity index is 1220. The van der Waals surface area contributed by atoms with Gasteiger partial charge in [-0.2, -0.15) is 0 Å². The van der Waals surface area contributed by atoms with E-state index in [1.807, 2.05) is 81.4 Å². The number of hydrogen-bond donors (Lipinski definition) is 0. The van der Waals surface area contributed by atoms with E-state index in [9.17, 15) is 9.59 Å². The molecule has 0 aliphatic carbocycles. The van der Waals surface area contributed by atoms with Gasteiger partial charge < -0.3 is 14.2 Å². The van der Waals surface area contributed by atoms with Crippen molar-refractivity contribution < 1.29 is 23.8 Å². The molecule has 0 aliphatic heterocycles. The number of carbonyl (C=O) groups is 2. The van der Waals surface area contributed by atoms with E-state index in [1.165, 1.54) is 13.2 Å². The highest BCUT2D eigenvalue weighted by Gasteiger charge is 2.26. The van der Waals surface area contributed by atoms with Gasteiger partial charge in [-0.3, -0.25) is 4.90 Å². The molecule has 0 saturated heterocycles. The number of benzene rings is 3. The Kier molecular flexibility index (Phi) is 9.75. The zero-order chi connectivity index (χ0) is 26.1.